The minimum atomic E-state index is 0.375. The van der Waals surface area contributed by atoms with Gasteiger partial charge in [-0.2, -0.15) is 5.10 Å². The van der Waals surface area contributed by atoms with E-state index in [1.54, 1.807) is 0 Å². The molecule has 1 aromatic carbocycles. The molecule has 1 saturated carbocycles. The molecule has 0 radical (unpaired) electrons. The number of hydrogen-bond acceptors (Lipinski definition) is 2. The molecule has 0 saturated heterocycles. The molecule has 0 bridgehead atoms. The summed E-state index contributed by atoms with van der Waals surface area (Å²) in [4.78, 5) is 0. The second-order valence-corrected chi connectivity index (χ2v) is 5.38. The van der Waals surface area contributed by atoms with Crippen LogP contribution in [0.1, 0.15) is 31.5 Å². The van der Waals surface area contributed by atoms with E-state index in [9.17, 15) is 0 Å². The minimum Gasteiger partial charge on any atom is -0.311 e. The summed E-state index contributed by atoms with van der Waals surface area (Å²) in [5, 5.41) is 7.93. The van der Waals surface area contributed by atoms with Crippen LogP contribution < -0.4 is 5.32 Å². The first-order chi connectivity index (χ1) is 8.74. The Morgan fingerprint density at radius 1 is 1.22 bits per heavy atom. The molecule has 3 nitrogen and oxygen atoms in total. The molecule has 1 unspecified atom stereocenters. The average Bonchev–Trinajstić information content (AvgIpc) is 2.96. The van der Waals surface area contributed by atoms with Gasteiger partial charge >= 0.3 is 0 Å². The van der Waals surface area contributed by atoms with Crippen molar-refractivity contribution in [3.8, 4) is 5.69 Å². The maximum absolute atomic E-state index is 4.47. The lowest BCUT2D eigenvalue weighted by Crippen LogP contribution is -2.27. The van der Waals surface area contributed by atoms with Gasteiger partial charge in [-0.1, -0.05) is 25.1 Å². The Hall–Kier alpha value is -1.61. The molecule has 1 aliphatic carbocycles. The Bertz CT molecular complexity index is 526. The van der Waals surface area contributed by atoms with E-state index in [1.807, 2.05) is 36.1 Å². The van der Waals surface area contributed by atoms with E-state index in [4.69, 9.17) is 0 Å². The Morgan fingerprint density at radius 2 is 1.94 bits per heavy atom. The third-order valence-electron chi connectivity index (χ3n) is 3.99. The minimum absolute atomic E-state index is 0.375. The van der Waals surface area contributed by atoms with E-state index >= 15 is 0 Å². The number of rotatable bonds is 4. The van der Waals surface area contributed by atoms with Crippen molar-refractivity contribution in [2.75, 3.05) is 7.05 Å². The lowest BCUT2D eigenvalue weighted by Gasteiger charge is -2.24. The van der Waals surface area contributed by atoms with Crippen molar-refractivity contribution in [1.29, 1.82) is 0 Å². The van der Waals surface area contributed by atoms with Gasteiger partial charge in [-0.15, -0.1) is 0 Å². The highest BCUT2D eigenvalue weighted by atomic mass is 15.3. The number of nitrogens with zero attached hydrogens (tertiary/aromatic N) is 2. The van der Waals surface area contributed by atoms with Gasteiger partial charge < -0.3 is 5.32 Å². The van der Waals surface area contributed by atoms with E-state index in [2.05, 4.69) is 35.5 Å². The van der Waals surface area contributed by atoms with Gasteiger partial charge in [0.05, 0.1) is 17.4 Å². The standard InChI is InChI=1S/C15H19N3/c1-15(9-10-15)14(16-2)13-8-11-17-18(13)12-6-4-3-5-7-12/h3-8,11,14,16H,9-10H2,1-2H3. The molecule has 94 valence electrons. The number of benzene rings is 1. The zero-order valence-corrected chi connectivity index (χ0v) is 10.9. The predicted molar refractivity (Wildman–Crippen MR) is 72.7 cm³/mol. The molecule has 1 aromatic heterocycles. The van der Waals surface area contributed by atoms with E-state index in [0.29, 0.717) is 11.5 Å². The topological polar surface area (TPSA) is 29.9 Å². The number of hydrogen-bond donors (Lipinski definition) is 1. The van der Waals surface area contributed by atoms with Crippen molar-refractivity contribution in [3.05, 3.63) is 48.3 Å². The Kier molecular flexibility index (Phi) is 2.71. The van der Waals surface area contributed by atoms with E-state index in [0.717, 1.165) is 5.69 Å². The van der Waals surface area contributed by atoms with Crippen LogP contribution in [0.25, 0.3) is 5.69 Å². The van der Waals surface area contributed by atoms with Gasteiger partial charge in [-0.25, -0.2) is 4.68 Å². The molecule has 3 rings (SSSR count). The summed E-state index contributed by atoms with van der Waals surface area (Å²) in [6.07, 6.45) is 4.47. The van der Waals surface area contributed by atoms with Crippen LogP contribution in [0.2, 0.25) is 0 Å². The number of aromatic nitrogens is 2. The summed E-state index contributed by atoms with van der Waals surface area (Å²) < 4.78 is 2.05. The van der Waals surface area contributed by atoms with Gasteiger partial charge in [-0.3, -0.25) is 0 Å². The third kappa shape index (κ3) is 1.85. The van der Waals surface area contributed by atoms with E-state index < -0.39 is 0 Å². The van der Waals surface area contributed by atoms with Crippen LogP contribution in [0.3, 0.4) is 0 Å². The van der Waals surface area contributed by atoms with Gasteiger partial charge in [-0.05, 0) is 43.5 Å². The Labute approximate surface area is 108 Å². The summed E-state index contributed by atoms with van der Waals surface area (Å²) in [5.41, 5.74) is 2.77. The largest absolute Gasteiger partial charge is 0.311 e. The van der Waals surface area contributed by atoms with Crippen molar-refractivity contribution in [2.45, 2.75) is 25.8 Å². The van der Waals surface area contributed by atoms with Crippen LogP contribution in [0, 0.1) is 5.41 Å². The van der Waals surface area contributed by atoms with Gasteiger partial charge in [0.25, 0.3) is 0 Å². The number of para-hydroxylation sites is 1. The van der Waals surface area contributed by atoms with Gasteiger partial charge in [0, 0.05) is 6.20 Å². The molecule has 1 fully saturated rings. The van der Waals surface area contributed by atoms with Crippen molar-refractivity contribution < 1.29 is 0 Å². The quantitative estimate of drug-likeness (QED) is 0.892. The molecule has 1 N–H and O–H groups in total. The molecule has 0 spiro atoms. The van der Waals surface area contributed by atoms with Crippen LogP contribution in [-0.4, -0.2) is 16.8 Å². The molecule has 18 heavy (non-hydrogen) atoms. The highest BCUT2D eigenvalue weighted by Crippen LogP contribution is 2.54. The predicted octanol–water partition coefficient (Wildman–Crippen LogP) is 2.93. The van der Waals surface area contributed by atoms with Gasteiger partial charge in [0.2, 0.25) is 0 Å². The van der Waals surface area contributed by atoms with Crippen molar-refractivity contribution in [2.24, 2.45) is 5.41 Å². The first-order valence-electron chi connectivity index (χ1n) is 6.51. The maximum atomic E-state index is 4.47. The molecule has 0 aliphatic heterocycles. The molecule has 2 aromatic rings. The lowest BCUT2D eigenvalue weighted by molar-refractivity contribution is 0.375. The van der Waals surface area contributed by atoms with Crippen LogP contribution >= 0.6 is 0 Å². The van der Waals surface area contributed by atoms with Crippen molar-refractivity contribution >= 4 is 0 Å². The third-order valence-corrected chi connectivity index (χ3v) is 3.99. The zero-order chi connectivity index (χ0) is 12.6. The normalized spacial score (nSPS) is 18.6. The van der Waals surface area contributed by atoms with Gasteiger partial charge in [0.1, 0.15) is 0 Å². The van der Waals surface area contributed by atoms with Gasteiger partial charge in [0.15, 0.2) is 0 Å². The van der Waals surface area contributed by atoms with Crippen LogP contribution in [0.4, 0.5) is 0 Å². The van der Waals surface area contributed by atoms with E-state index in [1.165, 1.54) is 18.5 Å². The lowest BCUT2D eigenvalue weighted by atomic mass is 9.96. The molecule has 0 amide bonds. The second-order valence-electron chi connectivity index (χ2n) is 5.38. The highest BCUT2D eigenvalue weighted by molar-refractivity contribution is 5.34. The fourth-order valence-corrected chi connectivity index (χ4v) is 2.66. The summed E-state index contributed by atoms with van der Waals surface area (Å²) in [6.45, 7) is 2.34. The first kappa shape index (κ1) is 11.5. The summed E-state index contributed by atoms with van der Waals surface area (Å²) >= 11 is 0. The molecular weight excluding hydrogens is 222 g/mol. The second kappa shape index (κ2) is 4.25. The number of nitrogens with one attached hydrogen (secondary N) is 1. The summed E-state index contributed by atoms with van der Waals surface area (Å²) in [7, 11) is 2.04. The summed E-state index contributed by atoms with van der Waals surface area (Å²) in [6, 6.07) is 12.8. The fourth-order valence-electron chi connectivity index (χ4n) is 2.66. The summed E-state index contributed by atoms with van der Waals surface area (Å²) in [5.74, 6) is 0. The van der Waals surface area contributed by atoms with Crippen LogP contribution in [0.15, 0.2) is 42.6 Å². The van der Waals surface area contributed by atoms with Crippen LogP contribution in [-0.2, 0) is 0 Å². The fraction of sp³-hybridized carbons (Fsp3) is 0.400. The molecular formula is C15H19N3. The van der Waals surface area contributed by atoms with E-state index in [-0.39, 0.29) is 0 Å². The van der Waals surface area contributed by atoms with Crippen molar-refractivity contribution in [3.63, 3.8) is 0 Å². The van der Waals surface area contributed by atoms with Crippen molar-refractivity contribution in [1.82, 2.24) is 15.1 Å². The smallest absolute Gasteiger partial charge is 0.0649 e. The monoisotopic (exact) mass is 241 g/mol. The maximum Gasteiger partial charge on any atom is 0.0649 e. The molecule has 3 heteroatoms. The average molecular weight is 241 g/mol. The molecule has 1 heterocycles. The van der Waals surface area contributed by atoms with Crippen LogP contribution in [0.5, 0.6) is 0 Å². The first-order valence-corrected chi connectivity index (χ1v) is 6.51. The molecule has 1 atom stereocenters. The SMILES string of the molecule is CNC(c1ccnn1-c1ccccc1)C1(C)CC1. The zero-order valence-electron chi connectivity index (χ0n) is 10.9. The highest BCUT2D eigenvalue weighted by Gasteiger charge is 2.46. The Balaban J connectivity index is 2.01. The Morgan fingerprint density at radius 3 is 2.56 bits per heavy atom. The molecule has 1 aliphatic rings.